The third-order valence-corrected chi connectivity index (χ3v) is 6.22. The van der Waals surface area contributed by atoms with Crippen molar-refractivity contribution < 1.29 is 42.4 Å². The summed E-state index contributed by atoms with van der Waals surface area (Å²) in [4.78, 5) is 13.2. The highest BCUT2D eigenvalue weighted by Crippen LogP contribution is 2.36. The molecule has 3 heterocycles. The molecule has 186 valence electrons. The Balaban J connectivity index is 1.60. The van der Waals surface area contributed by atoms with Gasteiger partial charge in [-0.25, -0.2) is 17.9 Å². The van der Waals surface area contributed by atoms with Gasteiger partial charge in [-0.3, -0.25) is 4.79 Å². The van der Waals surface area contributed by atoms with Crippen LogP contribution in [0.1, 0.15) is 18.9 Å². The van der Waals surface area contributed by atoms with Crippen LogP contribution in [-0.2, 0) is 19.0 Å². The molecular formula is C21H25F3N4O6. The molecule has 0 bridgehead atoms. The van der Waals surface area contributed by atoms with Gasteiger partial charge in [-0.2, -0.15) is 0 Å². The molecule has 4 rings (SSSR count). The van der Waals surface area contributed by atoms with Crippen molar-refractivity contribution in [3.05, 3.63) is 35.8 Å². The molecule has 34 heavy (non-hydrogen) atoms. The molecule has 2 saturated heterocycles. The minimum absolute atomic E-state index is 0.0267. The number of amides is 1. The van der Waals surface area contributed by atoms with Gasteiger partial charge in [0, 0.05) is 19.3 Å². The maximum Gasteiger partial charge on any atom is 0.257 e. The predicted octanol–water partition coefficient (Wildman–Crippen LogP) is 0.336. The van der Waals surface area contributed by atoms with E-state index in [1.165, 1.54) is 18.0 Å². The van der Waals surface area contributed by atoms with E-state index in [1.54, 1.807) is 0 Å². The number of nitrogens with one attached hydrogen (secondary N) is 1. The fraction of sp³-hybridized carbons (Fsp3) is 0.571. The van der Waals surface area contributed by atoms with Crippen molar-refractivity contribution >= 4 is 5.91 Å². The molecular weight excluding hydrogens is 461 g/mol. The first-order valence-corrected chi connectivity index (χ1v) is 10.7. The Hall–Kier alpha value is -2.58. The minimum atomic E-state index is -1.82. The lowest BCUT2D eigenvalue weighted by molar-refractivity contribution is -0.207. The van der Waals surface area contributed by atoms with E-state index < -0.39 is 59.9 Å². The molecule has 0 aliphatic carbocycles. The van der Waals surface area contributed by atoms with Crippen LogP contribution in [0.4, 0.5) is 13.2 Å². The first-order valence-electron chi connectivity index (χ1n) is 10.7. The highest BCUT2D eigenvalue weighted by atomic mass is 19.2. The van der Waals surface area contributed by atoms with E-state index in [0.29, 0.717) is 19.4 Å². The van der Waals surface area contributed by atoms with Gasteiger partial charge in [0.15, 0.2) is 23.1 Å². The summed E-state index contributed by atoms with van der Waals surface area (Å²) in [5.74, 6) is -5.01. The average molecular weight is 486 g/mol. The number of methoxy groups -OCH3 is 1. The Morgan fingerprint density at radius 3 is 2.68 bits per heavy atom. The number of halogens is 3. The van der Waals surface area contributed by atoms with Gasteiger partial charge >= 0.3 is 0 Å². The van der Waals surface area contributed by atoms with Crippen molar-refractivity contribution in [1.29, 1.82) is 0 Å². The molecule has 1 aromatic carbocycles. The number of benzene rings is 1. The Kier molecular flexibility index (Phi) is 7.19. The smallest absolute Gasteiger partial charge is 0.257 e. The monoisotopic (exact) mass is 486 g/mol. The first-order chi connectivity index (χ1) is 16.3. The summed E-state index contributed by atoms with van der Waals surface area (Å²) in [5.41, 5.74) is -1.78. The van der Waals surface area contributed by atoms with Gasteiger partial charge in [0.05, 0.1) is 44.2 Å². The lowest BCUT2D eigenvalue weighted by Crippen LogP contribution is -2.67. The van der Waals surface area contributed by atoms with E-state index in [0.717, 1.165) is 12.1 Å². The molecule has 0 saturated carbocycles. The van der Waals surface area contributed by atoms with Crippen molar-refractivity contribution in [3.63, 3.8) is 0 Å². The minimum Gasteiger partial charge on any atom is -0.393 e. The van der Waals surface area contributed by atoms with Gasteiger partial charge in [0.2, 0.25) is 0 Å². The Labute approximate surface area is 192 Å². The zero-order valence-electron chi connectivity index (χ0n) is 18.3. The standard InChI is InChI=1S/C21H25F3N4O6/c1-32-19-16(28-8-14(26-27-28)11-6-12(22)18(24)13(23)7-11)2-5-34-21(19,10-29)20(31)25-15-9-33-4-3-17(15)30/h6-8,15-17,19,29-30H,2-5,9-10H2,1H3,(H,25,31)/t15-,16?,17-,19?,21?/m1/s1. The van der Waals surface area contributed by atoms with Crippen LogP contribution in [0.3, 0.4) is 0 Å². The molecule has 2 fully saturated rings. The molecule has 3 N–H and O–H groups in total. The molecule has 0 radical (unpaired) electrons. The lowest BCUT2D eigenvalue weighted by Gasteiger charge is -2.45. The normalized spacial score (nSPS) is 29.7. The number of carbonyl (C=O) groups is 1. The number of carbonyl (C=O) groups excluding carboxylic acids is 1. The van der Waals surface area contributed by atoms with Crippen LogP contribution in [0.2, 0.25) is 0 Å². The molecule has 5 atom stereocenters. The van der Waals surface area contributed by atoms with Gasteiger partial charge < -0.3 is 29.7 Å². The zero-order valence-corrected chi connectivity index (χ0v) is 18.3. The van der Waals surface area contributed by atoms with E-state index in [-0.39, 0.29) is 24.5 Å². The van der Waals surface area contributed by atoms with Gasteiger partial charge in [0.1, 0.15) is 11.8 Å². The molecule has 13 heteroatoms. The van der Waals surface area contributed by atoms with Crippen LogP contribution in [0.15, 0.2) is 18.3 Å². The summed E-state index contributed by atoms with van der Waals surface area (Å²) in [7, 11) is 1.34. The van der Waals surface area contributed by atoms with Gasteiger partial charge in [-0.05, 0) is 25.0 Å². The molecule has 0 spiro atoms. The Bertz CT molecular complexity index is 1020. The van der Waals surface area contributed by atoms with Crippen molar-refractivity contribution in [2.24, 2.45) is 0 Å². The number of rotatable bonds is 6. The number of aliphatic hydroxyl groups is 2. The second-order valence-electron chi connectivity index (χ2n) is 8.26. The first kappa shape index (κ1) is 24.5. The van der Waals surface area contributed by atoms with Gasteiger partial charge in [0.25, 0.3) is 5.91 Å². The third-order valence-electron chi connectivity index (χ3n) is 6.22. The maximum absolute atomic E-state index is 13.7. The molecule has 1 aromatic heterocycles. The van der Waals surface area contributed by atoms with Crippen LogP contribution < -0.4 is 5.32 Å². The number of nitrogens with zero attached hydrogens (tertiary/aromatic N) is 3. The van der Waals surface area contributed by atoms with Crippen LogP contribution in [0.25, 0.3) is 11.3 Å². The summed E-state index contributed by atoms with van der Waals surface area (Å²) in [6.07, 6.45) is 0.192. The number of ether oxygens (including phenoxy) is 3. The number of hydrogen-bond acceptors (Lipinski definition) is 8. The fourth-order valence-corrected chi connectivity index (χ4v) is 4.36. The van der Waals surface area contributed by atoms with Crippen molar-refractivity contribution in [3.8, 4) is 11.3 Å². The zero-order chi connectivity index (χ0) is 24.5. The van der Waals surface area contributed by atoms with Gasteiger partial charge in [-0.1, -0.05) is 5.21 Å². The van der Waals surface area contributed by atoms with Gasteiger partial charge in [-0.15, -0.1) is 5.10 Å². The van der Waals surface area contributed by atoms with E-state index in [1.807, 2.05) is 0 Å². The second kappa shape index (κ2) is 9.96. The largest absolute Gasteiger partial charge is 0.393 e. The van der Waals surface area contributed by atoms with E-state index in [2.05, 4.69) is 15.6 Å². The highest BCUT2D eigenvalue weighted by molar-refractivity contribution is 5.87. The summed E-state index contributed by atoms with van der Waals surface area (Å²) < 4.78 is 58.6. The Morgan fingerprint density at radius 2 is 2.03 bits per heavy atom. The van der Waals surface area contributed by atoms with Crippen LogP contribution >= 0.6 is 0 Å². The quantitative estimate of drug-likeness (QED) is 0.499. The van der Waals surface area contributed by atoms with Crippen molar-refractivity contribution in [2.45, 2.75) is 42.7 Å². The Morgan fingerprint density at radius 1 is 1.29 bits per heavy atom. The van der Waals surface area contributed by atoms with E-state index in [4.69, 9.17) is 14.2 Å². The van der Waals surface area contributed by atoms with Crippen molar-refractivity contribution in [2.75, 3.05) is 33.5 Å². The topological polar surface area (TPSA) is 128 Å². The summed E-state index contributed by atoms with van der Waals surface area (Å²) in [6, 6.07) is 0.259. The average Bonchev–Trinajstić information content (AvgIpc) is 3.33. The molecule has 2 aliphatic heterocycles. The number of hydrogen-bond donors (Lipinski definition) is 3. The fourth-order valence-electron chi connectivity index (χ4n) is 4.36. The van der Waals surface area contributed by atoms with E-state index in [9.17, 15) is 28.2 Å². The van der Waals surface area contributed by atoms with Crippen LogP contribution in [0.5, 0.6) is 0 Å². The van der Waals surface area contributed by atoms with Crippen LogP contribution in [0, 0.1) is 17.5 Å². The molecule has 3 unspecified atom stereocenters. The second-order valence-corrected chi connectivity index (χ2v) is 8.26. The molecule has 2 aromatic rings. The van der Waals surface area contributed by atoms with Crippen molar-refractivity contribution in [1.82, 2.24) is 20.3 Å². The highest BCUT2D eigenvalue weighted by Gasteiger charge is 2.54. The summed E-state index contributed by atoms with van der Waals surface area (Å²) >= 11 is 0. The molecule has 2 aliphatic rings. The van der Waals surface area contributed by atoms with E-state index >= 15 is 0 Å². The number of aromatic nitrogens is 3. The summed E-state index contributed by atoms with van der Waals surface area (Å²) in [5, 5.41) is 31.0. The van der Waals surface area contributed by atoms with Crippen LogP contribution in [-0.4, -0.2) is 88.5 Å². The SMILES string of the molecule is COC1C(n2cc(-c3cc(F)c(F)c(F)c3)nn2)CCOC1(CO)C(=O)N[C@@H]1COCC[C@H]1O. The summed E-state index contributed by atoms with van der Waals surface area (Å²) in [6.45, 7) is -0.203. The lowest BCUT2D eigenvalue weighted by atomic mass is 9.86. The maximum atomic E-state index is 13.7. The molecule has 1 amide bonds. The molecule has 10 nitrogen and oxygen atoms in total. The third kappa shape index (κ3) is 4.41. The number of aliphatic hydroxyl groups excluding tert-OH is 2. The predicted molar refractivity (Wildman–Crippen MR) is 109 cm³/mol.